The van der Waals surface area contributed by atoms with E-state index in [9.17, 15) is 24.8 Å². The summed E-state index contributed by atoms with van der Waals surface area (Å²) in [6, 6.07) is 17.0. The van der Waals surface area contributed by atoms with Gasteiger partial charge in [-0.05, 0) is 35.7 Å². The number of nitro groups is 1. The summed E-state index contributed by atoms with van der Waals surface area (Å²) in [6.07, 6.45) is 0. The zero-order chi connectivity index (χ0) is 25.4. The predicted molar refractivity (Wildman–Crippen MR) is 135 cm³/mol. The van der Waals surface area contributed by atoms with Crippen molar-refractivity contribution in [3.05, 3.63) is 97.9 Å². The zero-order valence-electron chi connectivity index (χ0n) is 18.2. The standard InChI is InChI=1S/C24H15ClN6O5/c25-17-11-14(31(35)36)6-8-18(17)29-30-21-15-4-2-1-3-12(15)9-16(22(21)32)23(33)26-13-5-7-19-20(10-13)28-24(34)27-19/h1-11,32H,(H,26,33)(H2,27,28,34). The van der Waals surface area contributed by atoms with Crippen molar-refractivity contribution in [3.8, 4) is 5.75 Å². The number of phenols is 1. The highest BCUT2D eigenvalue weighted by atomic mass is 35.5. The average molecular weight is 503 g/mol. The number of imidazole rings is 1. The summed E-state index contributed by atoms with van der Waals surface area (Å²) >= 11 is 6.10. The Morgan fingerprint density at radius 2 is 1.78 bits per heavy atom. The summed E-state index contributed by atoms with van der Waals surface area (Å²) in [5.41, 5.74) is 1.04. The van der Waals surface area contributed by atoms with Gasteiger partial charge in [0.2, 0.25) is 0 Å². The predicted octanol–water partition coefficient (Wildman–Crippen LogP) is 5.94. The molecule has 0 radical (unpaired) electrons. The molecule has 4 N–H and O–H groups in total. The van der Waals surface area contributed by atoms with Crippen molar-refractivity contribution in [2.75, 3.05) is 5.32 Å². The van der Waals surface area contributed by atoms with Crippen molar-refractivity contribution in [2.45, 2.75) is 0 Å². The Bertz CT molecular complexity index is 1770. The number of nitro benzene ring substituents is 1. The first kappa shape index (κ1) is 22.7. The van der Waals surface area contributed by atoms with E-state index in [1.54, 1.807) is 42.5 Å². The first-order valence-corrected chi connectivity index (χ1v) is 10.8. The second-order valence-corrected chi connectivity index (χ2v) is 8.14. The fourth-order valence-corrected chi connectivity index (χ4v) is 3.91. The van der Waals surface area contributed by atoms with E-state index in [2.05, 4.69) is 25.5 Å². The Labute approximate surface area is 206 Å². The number of aromatic nitrogens is 2. The van der Waals surface area contributed by atoms with Gasteiger partial charge in [0.05, 0.1) is 26.5 Å². The van der Waals surface area contributed by atoms with Crippen molar-refractivity contribution < 1.29 is 14.8 Å². The van der Waals surface area contributed by atoms with E-state index < -0.39 is 16.6 Å². The SMILES string of the molecule is O=C(Nc1ccc2[nH]c(=O)[nH]c2c1)c1cc2ccccc2c(N=Nc2ccc([N+](=O)[O-])cc2Cl)c1O. The molecule has 0 aliphatic carbocycles. The van der Waals surface area contributed by atoms with Gasteiger partial charge >= 0.3 is 5.69 Å². The van der Waals surface area contributed by atoms with Crippen LogP contribution in [0.4, 0.5) is 22.7 Å². The molecule has 0 fully saturated rings. The number of fused-ring (bicyclic) bond motifs is 2. The summed E-state index contributed by atoms with van der Waals surface area (Å²) < 4.78 is 0. The van der Waals surface area contributed by atoms with E-state index in [-0.39, 0.29) is 33.3 Å². The fourth-order valence-electron chi connectivity index (χ4n) is 3.69. The van der Waals surface area contributed by atoms with E-state index in [4.69, 9.17) is 11.6 Å². The van der Waals surface area contributed by atoms with Gasteiger partial charge < -0.3 is 20.4 Å². The minimum Gasteiger partial charge on any atom is -0.505 e. The lowest BCUT2D eigenvalue weighted by Crippen LogP contribution is -2.12. The number of aromatic amines is 2. The van der Waals surface area contributed by atoms with Gasteiger partial charge in [-0.25, -0.2) is 4.79 Å². The molecule has 0 unspecified atom stereocenters. The molecular formula is C24H15ClN6O5. The lowest BCUT2D eigenvalue weighted by molar-refractivity contribution is -0.384. The molecule has 0 bridgehead atoms. The third-order valence-corrected chi connectivity index (χ3v) is 5.72. The second kappa shape index (κ2) is 8.96. The number of hydrogen-bond acceptors (Lipinski definition) is 7. The summed E-state index contributed by atoms with van der Waals surface area (Å²) in [7, 11) is 0. The molecule has 11 nitrogen and oxygen atoms in total. The lowest BCUT2D eigenvalue weighted by atomic mass is 10.0. The molecule has 0 aliphatic heterocycles. The van der Waals surface area contributed by atoms with Crippen LogP contribution in [0.25, 0.3) is 21.8 Å². The first-order chi connectivity index (χ1) is 17.3. The molecule has 1 heterocycles. The molecule has 1 aromatic heterocycles. The van der Waals surface area contributed by atoms with E-state index in [1.165, 1.54) is 18.2 Å². The number of azo groups is 1. The highest BCUT2D eigenvalue weighted by Gasteiger charge is 2.19. The van der Waals surface area contributed by atoms with Crippen molar-refractivity contribution >= 4 is 62.1 Å². The Morgan fingerprint density at radius 1 is 1.00 bits per heavy atom. The molecule has 0 aliphatic rings. The van der Waals surface area contributed by atoms with Crippen molar-refractivity contribution in [3.63, 3.8) is 0 Å². The Hall–Kier alpha value is -5.03. The van der Waals surface area contributed by atoms with Gasteiger partial charge in [-0.2, -0.15) is 0 Å². The van der Waals surface area contributed by atoms with Gasteiger partial charge in [-0.3, -0.25) is 14.9 Å². The van der Waals surface area contributed by atoms with Crippen LogP contribution in [0.3, 0.4) is 0 Å². The van der Waals surface area contributed by atoms with Crippen molar-refractivity contribution in [1.82, 2.24) is 9.97 Å². The van der Waals surface area contributed by atoms with Crippen molar-refractivity contribution in [2.24, 2.45) is 10.2 Å². The number of nitrogens with one attached hydrogen (secondary N) is 3. The highest BCUT2D eigenvalue weighted by molar-refractivity contribution is 6.33. The van der Waals surface area contributed by atoms with E-state index in [0.717, 1.165) is 6.07 Å². The summed E-state index contributed by atoms with van der Waals surface area (Å²) in [5.74, 6) is -1.02. The van der Waals surface area contributed by atoms with Crippen LogP contribution in [-0.2, 0) is 0 Å². The number of amides is 1. The monoisotopic (exact) mass is 502 g/mol. The van der Waals surface area contributed by atoms with Gasteiger partial charge in [-0.1, -0.05) is 35.9 Å². The number of benzene rings is 4. The highest BCUT2D eigenvalue weighted by Crippen LogP contribution is 2.40. The van der Waals surface area contributed by atoms with E-state index in [1.807, 2.05) is 0 Å². The molecule has 36 heavy (non-hydrogen) atoms. The Kier molecular flexibility index (Phi) is 5.66. The van der Waals surface area contributed by atoms with Gasteiger partial charge in [0.15, 0.2) is 5.75 Å². The maximum atomic E-state index is 13.1. The van der Waals surface area contributed by atoms with Crippen LogP contribution in [0.15, 0.2) is 81.8 Å². The number of H-pyrrole nitrogens is 2. The number of carbonyl (C=O) groups excluding carboxylic acids is 1. The fraction of sp³-hybridized carbons (Fsp3) is 0. The van der Waals surface area contributed by atoms with Gasteiger partial charge in [-0.15, -0.1) is 10.2 Å². The maximum Gasteiger partial charge on any atom is 0.323 e. The van der Waals surface area contributed by atoms with Crippen LogP contribution >= 0.6 is 11.6 Å². The quantitative estimate of drug-likeness (QED) is 0.132. The molecule has 0 saturated heterocycles. The molecule has 1 amide bonds. The summed E-state index contributed by atoms with van der Waals surface area (Å²) in [6.45, 7) is 0. The van der Waals surface area contributed by atoms with Gasteiger partial charge in [0.25, 0.3) is 11.6 Å². The maximum absolute atomic E-state index is 13.1. The average Bonchev–Trinajstić information content (AvgIpc) is 3.23. The normalized spacial score (nSPS) is 11.4. The number of phenolic OH excluding ortho intramolecular Hbond substituents is 1. The van der Waals surface area contributed by atoms with Crippen LogP contribution in [0.1, 0.15) is 10.4 Å². The second-order valence-electron chi connectivity index (χ2n) is 7.73. The number of anilines is 1. The minimum absolute atomic E-state index is 0.00355. The Balaban J connectivity index is 1.54. The largest absolute Gasteiger partial charge is 0.505 e. The smallest absolute Gasteiger partial charge is 0.323 e. The van der Waals surface area contributed by atoms with Crippen LogP contribution in [0, 0.1) is 10.1 Å². The van der Waals surface area contributed by atoms with Crippen LogP contribution in [0.5, 0.6) is 5.75 Å². The molecule has 12 heteroatoms. The third-order valence-electron chi connectivity index (χ3n) is 5.41. The Morgan fingerprint density at radius 3 is 2.56 bits per heavy atom. The molecule has 5 aromatic rings. The molecule has 178 valence electrons. The van der Waals surface area contributed by atoms with Crippen LogP contribution in [-0.4, -0.2) is 25.9 Å². The minimum atomic E-state index is -0.611. The number of nitrogens with zero attached hydrogens (tertiary/aromatic N) is 3. The molecule has 0 spiro atoms. The van der Waals surface area contributed by atoms with Gasteiger partial charge in [0, 0.05) is 23.2 Å². The van der Waals surface area contributed by atoms with Crippen molar-refractivity contribution in [1.29, 1.82) is 0 Å². The third kappa shape index (κ3) is 4.26. The molecular weight excluding hydrogens is 488 g/mol. The molecule has 4 aromatic carbocycles. The van der Waals surface area contributed by atoms with E-state index >= 15 is 0 Å². The lowest BCUT2D eigenvalue weighted by Gasteiger charge is -2.11. The number of aromatic hydroxyl groups is 1. The first-order valence-electron chi connectivity index (χ1n) is 10.4. The number of non-ortho nitro benzene ring substituents is 1. The topological polar surface area (TPSA) is 166 Å². The molecule has 5 rings (SSSR count). The van der Waals surface area contributed by atoms with Gasteiger partial charge in [0.1, 0.15) is 11.4 Å². The number of carbonyl (C=O) groups is 1. The van der Waals surface area contributed by atoms with E-state index in [0.29, 0.717) is 27.5 Å². The number of rotatable bonds is 5. The van der Waals surface area contributed by atoms with Crippen LogP contribution in [0.2, 0.25) is 5.02 Å². The summed E-state index contributed by atoms with van der Waals surface area (Å²) in [4.78, 5) is 40.2. The molecule has 0 saturated carbocycles. The molecule has 0 atom stereocenters. The number of hydrogen-bond donors (Lipinski definition) is 4. The summed E-state index contributed by atoms with van der Waals surface area (Å²) in [5, 5.41) is 34.0. The number of halogens is 1. The zero-order valence-corrected chi connectivity index (χ0v) is 18.9. The van der Waals surface area contributed by atoms with Crippen LogP contribution < -0.4 is 11.0 Å².